The van der Waals surface area contributed by atoms with Gasteiger partial charge in [-0.25, -0.2) is 9.50 Å². The Bertz CT molecular complexity index is 690. The fraction of sp³-hybridized carbons (Fsp3) is 0. The third kappa shape index (κ3) is 1.57. The third-order valence-electron chi connectivity index (χ3n) is 2.49. The van der Waals surface area contributed by atoms with Crippen molar-refractivity contribution in [2.75, 3.05) is 0 Å². The summed E-state index contributed by atoms with van der Waals surface area (Å²) in [6, 6.07) is 3.58. The summed E-state index contributed by atoms with van der Waals surface area (Å²) in [6.07, 6.45) is 9.23. The summed E-state index contributed by atoms with van der Waals surface area (Å²) < 4.78 is 1.68. The Morgan fingerprint density at radius 2 is 2.18 bits per heavy atom. The maximum Gasteiger partial charge on any atom is 0.162 e. The molecule has 3 aromatic rings. The van der Waals surface area contributed by atoms with Gasteiger partial charge in [-0.3, -0.25) is 9.78 Å². The van der Waals surface area contributed by atoms with Crippen LogP contribution in [0, 0.1) is 0 Å². The molecule has 0 N–H and O–H groups in total. The Balaban J connectivity index is 2.23. The van der Waals surface area contributed by atoms with Crippen molar-refractivity contribution < 1.29 is 4.79 Å². The molecule has 0 unspecified atom stereocenters. The fourth-order valence-corrected chi connectivity index (χ4v) is 1.70. The van der Waals surface area contributed by atoms with Gasteiger partial charge >= 0.3 is 0 Å². The third-order valence-corrected chi connectivity index (χ3v) is 2.49. The topological polar surface area (TPSA) is 60.2 Å². The molecule has 0 amide bonds. The van der Waals surface area contributed by atoms with Crippen LogP contribution in [0.25, 0.3) is 16.8 Å². The minimum absolute atomic E-state index is 0.540. The first kappa shape index (κ1) is 9.65. The summed E-state index contributed by atoms with van der Waals surface area (Å²) in [5.41, 5.74) is 2.99. The lowest BCUT2D eigenvalue weighted by atomic mass is 10.1. The highest BCUT2D eigenvalue weighted by Crippen LogP contribution is 2.22. The van der Waals surface area contributed by atoms with Crippen LogP contribution in [0.3, 0.4) is 0 Å². The zero-order chi connectivity index (χ0) is 11.7. The predicted octanol–water partition coefficient (Wildman–Crippen LogP) is 1.60. The van der Waals surface area contributed by atoms with E-state index < -0.39 is 0 Å². The summed E-state index contributed by atoms with van der Waals surface area (Å²) in [5.74, 6) is 0. The van der Waals surface area contributed by atoms with Gasteiger partial charge in [0.25, 0.3) is 0 Å². The van der Waals surface area contributed by atoms with Gasteiger partial charge in [0.15, 0.2) is 11.9 Å². The van der Waals surface area contributed by atoms with E-state index in [1.807, 2.05) is 12.3 Å². The van der Waals surface area contributed by atoms with Gasteiger partial charge in [0.2, 0.25) is 0 Å². The van der Waals surface area contributed by atoms with E-state index in [2.05, 4.69) is 15.1 Å². The molecule has 0 aliphatic heterocycles. The van der Waals surface area contributed by atoms with Crippen molar-refractivity contribution in [2.45, 2.75) is 0 Å². The molecule has 17 heavy (non-hydrogen) atoms. The van der Waals surface area contributed by atoms with Crippen LogP contribution in [0.5, 0.6) is 0 Å². The molecule has 0 bridgehead atoms. The van der Waals surface area contributed by atoms with Crippen LogP contribution in [-0.4, -0.2) is 25.9 Å². The van der Waals surface area contributed by atoms with Crippen LogP contribution in [0.2, 0.25) is 0 Å². The maximum atomic E-state index is 10.7. The van der Waals surface area contributed by atoms with Crippen molar-refractivity contribution in [2.24, 2.45) is 0 Å². The molecular weight excluding hydrogens is 216 g/mol. The van der Waals surface area contributed by atoms with Crippen molar-refractivity contribution in [3.8, 4) is 11.1 Å². The molecule has 3 rings (SSSR count). The summed E-state index contributed by atoms with van der Waals surface area (Å²) in [7, 11) is 0. The number of aromatic nitrogens is 4. The minimum Gasteiger partial charge on any atom is -0.298 e. The molecular formula is C12H8N4O. The molecule has 82 valence electrons. The van der Waals surface area contributed by atoms with Crippen molar-refractivity contribution in [3.05, 3.63) is 48.7 Å². The SMILES string of the molecule is O=Cc1cncc(-c2cnn3cccnc23)c1. The molecule has 0 aliphatic rings. The normalized spacial score (nSPS) is 10.6. The molecule has 0 saturated carbocycles. The minimum atomic E-state index is 0.540. The second kappa shape index (κ2) is 3.79. The van der Waals surface area contributed by atoms with Gasteiger partial charge in [-0.05, 0) is 12.1 Å². The lowest BCUT2D eigenvalue weighted by molar-refractivity contribution is 0.112. The molecule has 5 nitrogen and oxygen atoms in total. The number of hydrogen-bond acceptors (Lipinski definition) is 4. The van der Waals surface area contributed by atoms with Crippen molar-refractivity contribution in [3.63, 3.8) is 0 Å². The highest BCUT2D eigenvalue weighted by molar-refractivity contribution is 5.81. The van der Waals surface area contributed by atoms with E-state index >= 15 is 0 Å². The van der Waals surface area contributed by atoms with Crippen molar-refractivity contribution in [1.29, 1.82) is 0 Å². The van der Waals surface area contributed by atoms with Gasteiger partial charge in [0.05, 0.1) is 6.20 Å². The van der Waals surface area contributed by atoms with Crippen molar-refractivity contribution in [1.82, 2.24) is 19.6 Å². The average molecular weight is 224 g/mol. The largest absolute Gasteiger partial charge is 0.298 e. The Morgan fingerprint density at radius 3 is 3.06 bits per heavy atom. The van der Waals surface area contributed by atoms with E-state index in [1.165, 1.54) is 6.20 Å². The first-order chi connectivity index (χ1) is 8.38. The molecule has 5 heteroatoms. The number of carbonyl (C=O) groups is 1. The van der Waals surface area contributed by atoms with Crippen LogP contribution in [-0.2, 0) is 0 Å². The van der Waals surface area contributed by atoms with E-state index in [9.17, 15) is 4.79 Å². The van der Waals surface area contributed by atoms with E-state index in [0.29, 0.717) is 5.56 Å². The van der Waals surface area contributed by atoms with E-state index in [4.69, 9.17) is 0 Å². The molecule has 3 aromatic heterocycles. The molecule has 0 fully saturated rings. The number of carbonyl (C=O) groups excluding carboxylic acids is 1. The smallest absolute Gasteiger partial charge is 0.162 e. The lowest BCUT2D eigenvalue weighted by Crippen LogP contribution is -1.89. The van der Waals surface area contributed by atoms with Gasteiger partial charge in [0, 0.05) is 41.5 Å². The second-order valence-electron chi connectivity index (χ2n) is 3.57. The summed E-state index contributed by atoms with van der Waals surface area (Å²) in [6.45, 7) is 0. The van der Waals surface area contributed by atoms with Gasteiger partial charge in [-0.1, -0.05) is 0 Å². The Kier molecular flexibility index (Phi) is 2.15. The van der Waals surface area contributed by atoms with Crippen LogP contribution in [0.15, 0.2) is 43.1 Å². The monoisotopic (exact) mass is 224 g/mol. The summed E-state index contributed by atoms with van der Waals surface area (Å²) in [5, 5.41) is 4.19. The predicted molar refractivity (Wildman–Crippen MR) is 61.6 cm³/mol. The van der Waals surface area contributed by atoms with Crippen LogP contribution >= 0.6 is 0 Å². The Labute approximate surface area is 96.8 Å². The maximum absolute atomic E-state index is 10.7. The van der Waals surface area contributed by atoms with E-state index in [-0.39, 0.29) is 0 Å². The number of aldehydes is 1. The van der Waals surface area contributed by atoms with E-state index in [1.54, 1.807) is 29.2 Å². The number of pyridine rings is 1. The van der Waals surface area contributed by atoms with Gasteiger partial charge in [-0.2, -0.15) is 5.10 Å². The van der Waals surface area contributed by atoms with Gasteiger partial charge in [0.1, 0.15) is 0 Å². The molecule has 0 radical (unpaired) electrons. The molecule has 0 aromatic carbocycles. The molecule has 0 saturated heterocycles. The molecule has 0 atom stereocenters. The first-order valence-electron chi connectivity index (χ1n) is 5.07. The lowest BCUT2D eigenvalue weighted by Gasteiger charge is -1.98. The van der Waals surface area contributed by atoms with E-state index in [0.717, 1.165) is 23.1 Å². The standard InChI is InChI=1S/C12H8N4O/c17-8-9-4-10(6-13-5-9)11-7-15-16-3-1-2-14-12(11)16/h1-8H. The summed E-state index contributed by atoms with van der Waals surface area (Å²) >= 11 is 0. The number of nitrogens with zero attached hydrogens (tertiary/aromatic N) is 4. The average Bonchev–Trinajstić information content (AvgIpc) is 2.82. The Morgan fingerprint density at radius 1 is 1.24 bits per heavy atom. The molecule has 3 heterocycles. The van der Waals surface area contributed by atoms with Gasteiger partial charge in [-0.15, -0.1) is 0 Å². The highest BCUT2D eigenvalue weighted by atomic mass is 16.1. The summed E-state index contributed by atoms with van der Waals surface area (Å²) in [4.78, 5) is 19.0. The number of fused-ring (bicyclic) bond motifs is 1. The quantitative estimate of drug-likeness (QED) is 0.620. The fourth-order valence-electron chi connectivity index (χ4n) is 1.70. The highest BCUT2D eigenvalue weighted by Gasteiger charge is 2.07. The first-order valence-corrected chi connectivity index (χ1v) is 5.07. The zero-order valence-corrected chi connectivity index (χ0v) is 8.82. The van der Waals surface area contributed by atoms with Gasteiger partial charge < -0.3 is 0 Å². The second-order valence-corrected chi connectivity index (χ2v) is 3.57. The molecule has 0 aliphatic carbocycles. The molecule has 0 spiro atoms. The van der Waals surface area contributed by atoms with Crippen LogP contribution in [0.1, 0.15) is 10.4 Å². The zero-order valence-electron chi connectivity index (χ0n) is 8.82. The van der Waals surface area contributed by atoms with Crippen LogP contribution < -0.4 is 0 Å². The van der Waals surface area contributed by atoms with Crippen LogP contribution in [0.4, 0.5) is 0 Å². The number of rotatable bonds is 2. The number of hydrogen-bond donors (Lipinski definition) is 0. The van der Waals surface area contributed by atoms with Crippen molar-refractivity contribution >= 4 is 11.9 Å². The Hall–Kier alpha value is -2.56.